The van der Waals surface area contributed by atoms with Gasteiger partial charge in [0.25, 0.3) is 0 Å². The number of rotatable bonds is 3. The molecule has 0 aliphatic carbocycles. The third kappa shape index (κ3) is 5.04. The van der Waals surface area contributed by atoms with Gasteiger partial charge in [0.15, 0.2) is 0 Å². The van der Waals surface area contributed by atoms with E-state index in [2.05, 4.69) is 46.9 Å². The second kappa shape index (κ2) is 7.17. The second-order valence-electron chi connectivity index (χ2n) is 3.65. The first-order chi connectivity index (χ1) is 8.89. The van der Waals surface area contributed by atoms with E-state index in [1.807, 2.05) is 0 Å². The summed E-state index contributed by atoms with van der Waals surface area (Å²) in [6.45, 7) is 6.89. The molecule has 0 saturated heterocycles. The number of hydrogen-bond acceptors (Lipinski definition) is 4. The number of aromatic nitrogens is 1. The van der Waals surface area contributed by atoms with Crippen LogP contribution < -0.4 is 4.57 Å². The molecule has 0 saturated carbocycles. The fraction of sp³-hybridized carbons (Fsp3) is 0.417. The first-order valence-corrected chi connectivity index (χ1v) is 8.92. The van der Waals surface area contributed by atoms with Gasteiger partial charge in [-0.1, -0.05) is 0 Å². The van der Waals surface area contributed by atoms with Crippen LogP contribution in [0.4, 0.5) is 0 Å². The molecule has 19 heavy (non-hydrogen) atoms. The van der Waals surface area contributed by atoms with E-state index in [1.165, 1.54) is 21.3 Å². The van der Waals surface area contributed by atoms with Crippen molar-refractivity contribution in [1.82, 2.24) is 0 Å². The number of benzene rings is 1. The number of fused-ring (bicyclic) bond motifs is 1. The van der Waals surface area contributed by atoms with E-state index in [-0.39, 0.29) is 6.61 Å². The van der Waals surface area contributed by atoms with Gasteiger partial charge in [-0.25, -0.2) is 8.42 Å². The molecule has 0 unspecified atom stereocenters. The van der Waals surface area contributed by atoms with Gasteiger partial charge in [-0.3, -0.25) is 4.18 Å². The minimum atomic E-state index is -4.42. The maximum atomic E-state index is 9.45. The Kier molecular flexibility index (Phi) is 6.16. The third-order valence-corrected chi connectivity index (χ3v) is 5.16. The van der Waals surface area contributed by atoms with Gasteiger partial charge < -0.3 is 4.55 Å². The van der Waals surface area contributed by atoms with E-state index in [9.17, 15) is 13.0 Å². The van der Waals surface area contributed by atoms with E-state index in [0.717, 1.165) is 6.54 Å². The monoisotopic (exact) mass is 351 g/mol. The Morgan fingerprint density at radius 1 is 1.32 bits per heavy atom. The predicted molar refractivity (Wildman–Crippen MR) is 72.8 cm³/mol. The number of nitrogens with zero attached hydrogens (tertiary/aromatic N) is 1. The van der Waals surface area contributed by atoms with Crippen LogP contribution in [0.15, 0.2) is 24.3 Å². The molecule has 0 spiro atoms. The molecule has 7 heteroatoms. The van der Waals surface area contributed by atoms with Crippen LogP contribution in [0.2, 0.25) is 0 Å². The molecule has 2 rings (SSSR count). The van der Waals surface area contributed by atoms with E-state index >= 15 is 0 Å². The van der Waals surface area contributed by atoms with Gasteiger partial charge in [0.1, 0.15) is 0 Å². The van der Waals surface area contributed by atoms with Crippen LogP contribution in [0.25, 0.3) is 9.78 Å². The van der Waals surface area contributed by atoms with Crippen LogP contribution in [0, 0.1) is 6.92 Å². The van der Waals surface area contributed by atoms with Crippen molar-refractivity contribution in [3.63, 3.8) is 0 Å². The second-order valence-corrected chi connectivity index (χ2v) is 7.29. The van der Waals surface area contributed by atoms with Crippen molar-refractivity contribution in [2.24, 2.45) is 0 Å². The Morgan fingerprint density at radius 2 is 1.95 bits per heavy atom. The summed E-state index contributed by atoms with van der Waals surface area (Å²) in [7, 11) is -4.42. The summed E-state index contributed by atoms with van der Waals surface area (Å²) in [5.74, 6) is 0. The predicted octanol–water partition coefficient (Wildman–Crippen LogP) is 0.996. The molecule has 0 amide bonds. The Morgan fingerprint density at radius 3 is 2.42 bits per heavy atom. The van der Waals surface area contributed by atoms with Gasteiger partial charge in [0.05, 0.1) is 6.61 Å². The normalized spacial score (nSPS) is 11.2. The Bertz CT molecular complexity index is 636. The molecule has 5 nitrogen and oxygen atoms in total. The number of para-hydroxylation sites is 1. The number of aryl methyl sites for hydroxylation is 2. The van der Waals surface area contributed by atoms with Crippen molar-refractivity contribution in [2.75, 3.05) is 6.61 Å². The van der Waals surface area contributed by atoms with Gasteiger partial charge in [-0.2, -0.15) is 0 Å². The summed E-state index contributed by atoms with van der Waals surface area (Å²) in [6.07, 6.45) is 0. The fourth-order valence-electron chi connectivity index (χ4n) is 1.69. The van der Waals surface area contributed by atoms with Crippen molar-refractivity contribution >= 4 is 34.7 Å². The summed E-state index contributed by atoms with van der Waals surface area (Å²) < 4.78 is 37.5. The summed E-state index contributed by atoms with van der Waals surface area (Å²) in [4.78, 5) is 0. The molecule has 0 atom stereocenters. The third-order valence-electron chi connectivity index (χ3n) is 2.37. The van der Waals surface area contributed by atoms with E-state index in [0.29, 0.717) is 14.5 Å². The first-order valence-electron chi connectivity index (χ1n) is 5.87. The van der Waals surface area contributed by atoms with E-state index < -0.39 is 10.4 Å². The van der Waals surface area contributed by atoms with Crippen molar-refractivity contribution < 1.29 is 21.7 Å². The van der Waals surface area contributed by atoms with Gasteiger partial charge in [-0.05, 0) is 6.92 Å². The van der Waals surface area contributed by atoms with E-state index in [4.69, 9.17) is 0 Å². The van der Waals surface area contributed by atoms with Crippen LogP contribution in [-0.2, 0) is 21.1 Å². The Balaban J connectivity index is 0.000000224. The minimum absolute atomic E-state index is 0.0914. The van der Waals surface area contributed by atoms with Crippen molar-refractivity contribution in [1.29, 1.82) is 0 Å². The molecular weight excluding hydrogens is 333 g/mol. The molecule has 1 heterocycles. The Labute approximate surface area is 119 Å². The van der Waals surface area contributed by atoms with Gasteiger partial charge >= 0.3 is 78.1 Å². The average Bonchev–Trinajstić information content (AvgIpc) is 2.63. The van der Waals surface area contributed by atoms with Gasteiger partial charge in [-0.15, -0.1) is 0 Å². The molecule has 0 N–H and O–H groups in total. The van der Waals surface area contributed by atoms with Crippen molar-refractivity contribution in [2.45, 2.75) is 27.3 Å². The van der Waals surface area contributed by atoms with Gasteiger partial charge in [0, 0.05) is 0 Å². The zero-order valence-corrected chi connectivity index (χ0v) is 13.6. The van der Waals surface area contributed by atoms with Crippen LogP contribution >= 0.6 is 0 Å². The molecule has 0 aliphatic rings. The summed E-state index contributed by atoms with van der Waals surface area (Å²) >= 11 is 0.576. The summed E-state index contributed by atoms with van der Waals surface area (Å²) in [5, 5.41) is 0. The van der Waals surface area contributed by atoms with Crippen LogP contribution in [-0.4, -0.2) is 34.1 Å². The molecular formula is C12H17NO4SSe. The van der Waals surface area contributed by atoms with Crippen LogP contribution in [0.5, 0.6) is 0 Å². The molecule has 0 fully saturated rings. The molecule has 1 aromatic heterocycles. The zero-order chi connectivity index (χ0) is 14.5. The molecule has 2 aromatic rings. The molecule has 1 aromatic carbocycles. The summed E-state index contributed by atoms with van der Waals surface area (Å²) in [5.41, 5.74) is 1.43. The quantitative estimate of drug-likeness (QED) is 0.358. The SMILES string of the molecule is CCOS(=O)(=O)[O-].CC[n+]1c(C)[se]c2ccccc21. The fourth-order valence-corrected chi connectivity index (χ4v) is 4.25. The first kappa shape index (κ1) is 16.3. The van der Waals surface area contributed by atoms with Gasteiger partial charge in [0.2, 0.25) is 10.4 Å². The number of hydrogen-bond donors (Lipinski definition) is 0. The van der Waals surface area contributed by atoms with Crippen LogP contribution in [0.3, 0.4) is 0 Å². The summed E-state index contributed by atoms with van der Waals surface area (Å²) in [6, 6.07) is 8.72. The standard InChI is InChI=1S/C10H12NSe.C2H6O4S/c1-3-11-8(2)12-10-7-5-4-6-9(10)11;1-2-6-7(3,4)5/h4-7H,3H2,1-2H3;2H2,1H3,(H,3,4,5)/q+1;/p-1. The topological polar surface area (TPSA) is 70.3 Å². The van der Waals surface area contributed by atoms with E-state index in [1.54, 1.807) is 0 Å². The molecule has 0 radical (unpaired) electrons. The van der Waals surface area contributed by atoms with Crippen molar-refractivity contribution in [3.05, 3.63) is 28.8 Å². The zero-order valence-electron chi connectivity index (χ0n) is 11.1. The van der Waals surface area contributed by atoms with Crippen molar-refractivity contribution in [3.8, 4) is 0 Å². The molecule has 106 valence electrons. The van der Waals surface area contributed by atoms with Crippen LogP contribution in [0.1, 0.15) is 18.4 Å². The maximum absolute atomic E-state index is 9.45. The average molecular weight is 350 g/mol. The molecule has 0 bridgehead atoms. The molecule has 0 aliphatic heterocycles. The Hall–Kier alpha value is -0.721.